The highest BCUT2D eigenvalue weighted by molar-refractivity contribution is 5.87. The monoisotopic (exact) mass is 258 g/mol. The van der Waals surface area contributed by atoms with Crippen LogP contribution in [0.15, 0.2) is 54.6 Å². The van der Waals surface area contributed by atoms with Gasteiger partial charge in [-0.2, -0.15) is 0 Å². The summed E-state index contributed by atoms with van der Waals surface area (Å²) >= 11 is 0. The number of carboxylic acid groups (broad SMARTS) is 1. The first-order chi connectivity index (χ1) is 9.16. The number of rotatable bonds is 5. The van der Waals surface area contributed by atoms with E-state index in [1.165, 1.54) is 12.1 Å². The zero-order valence-corrected chi connectivity index (χ0v) is 10.2. The number of carbonyl (C=O) groups is 1. The lowest BCUT2D eigenvalue weighted by Crippen LogP contribution is -2.09. The Morgan fingerprint density at radius 1 is 1.11 bits per heavy atom. The molecule has 0 saturated carbocycles. The van der Waals surface area contributed by atoms with Gasteiger partial charge in [-0.25, -0.2) is 4.79 Å². The minimum absolute atomic E-state index is 0.0765. The first-order valence-electron chi connectivity index (χ1n) is 5.86. The molecule has 0 spiro atoms. The van der Waals surface area contributed by atoms with Crippen LogP contribution in [0.4, 0.5) is 0 Å². The van der Waals surface area contributed by atoms with Crippen molar-refractivity contribution in [2.45, 2.75) is 6.10 Å². The molecule has 2 N–H and O–H groups in total. The molecule has 2 aromatic carbocycles. The molecule has 19 heavy (non-hydrogen) atoms. The molecule has 98 valence electrons. The van der Waals surface area contributed by atoms with Gasteiger partial charge in [-0.15, -0.1) is 0 Å². The van der Waals surface area contributed by atoms with E-state index in [-0.39, 0.29) is 12.2 Å². The first-order valence-corrected chi connectivity index (χ1v) is 5.86. The summed E-state index contributed by atoms with van der Waals surface area (Å²) in [7, 11) is 0. The molecule has 2 aromatic rings. The second-order valence-electron chi connectivity index (χ2n) is 4.07. The molecule has 0 radical (unpaired) electrons. The summed E-state index contributed by atoms with van der Waals surface area (Å²) in [5.74, 6) is -0.580. The van der Waals surface area contributed by atoms with Gasteiger partial charge in [-0.05, 0) is 23.8 Å². The third-order valence-electron chi connectivity index (χ3n) is 2.67. The second kappa shape index (κ2) is 6.02. The summed E-state index contributed by atoms with van der Waals surface area (Å²) in [5, 5.41) is 18.8. The van der Waals surface area contributed by atoms with Gasteiger partial charge in [-0.3, -0.25) is 0 Å². The van der Waals surface area contributed by atoms with Crippen LogP contribution in [0.25, 0.3) is 0 Å². The van der Waals surface area contributed by atoms with Crippen molar-refractivity contribution in [1.29, 1.82) is 0 Å². The minimum Gasteiger partial charge on any atom is -0.491 e. The number of hydrogen-bond donors (Lipinski definition) is 2. The van der Waals surface area contributed by atoms with Gasteiger partial charge < -0.3 is 14.9 Å². The fraction of sp³-hybridized carbons (Fsp3) is 0.133. The molecule has 0 aliphatic heterocycles. The molecular formula is C15H14O4. The van der Waals surface area contributed by atoms with Gasteiger partial charge in [-0.1, -0.05) is 36.4 Å². The summed E-state index contributed by atoms with van der Waals surface area (Å²) in [6.45, 7) is 0.0765. The molecule has 0 heterocycles. The number of benzene rings is 2. The Bertz CT molecular complexity index is 551. The predicted molar refractivity (Wildman–Crippen MR) is 70.3 cm³/mol. The molecular weight excluding hydrogens is 244 g/mol. The average molecular weight is 258 g/mol. The maximum absolute atomic E-state index is 10.8. The predicted octanol–water partition coefficient (Wildman–Crippen LogP) is 2.50. The van der Waals surface area contributed by atoms with Crippen molar-refractivity contribution in [3.05, 3.63) is 65.7 Å². The van der Waals surface area contributed by atoms with E-state index in [4.69, 9.17) is 9.84 Å². The van der Waals surface area contributed by atoms with E-state index in [1.807, 2.05) is 30.3 Å². The molecule has 0 amide bonds. The van der Waals surface area contributed by atoms with Gasteiger partial charge in [0.05, 0.1) is 5.56 Å². The lowest BCUT2D eigenvalue weighted by molar-refractivity contribution is 0.0696. The lowest BCUT2D eigenvalue weighted by Gasteiger charge is -2.12. The van der Waals surface area contributed by atoms with Crippen molar-refractivity contribution in [1.82, 2.24) is 0 Å². The fourth-order valence-electron chi connectivity index (χ4n) is 1.67. The molecule has 0 aliphatic carbocycles. The summed E-state index contributed by atoms with van der Waals surface area (Å²) in [4.78, 5) is 10.8. The zero-order valence-electron chi connectivity index (χ0n) is 10.2. The van der Waals surface area contributed by atoms with E-state index in [0.29, 0.717) is 5.75 Å². The highest BCUT2D eigenvalue weighted by Gasteiger charge is 2.09. The molecule has 1 atom stereocenters. The van der Waals surface area contributed by atoms with Crippen LogP contribution in [0.5, 0.6) is 5.75 Å². The number of carboxylic acids is 1. The number of ether oxygens (including phenoxy) is 1. The van der Waals surface area contributed by atoms with Gasteiger partial charge in [0.15, 0.2) is 0 Å². The normalized spacial score (nSPS) is 11.8. The molecule has 0 saturated heterocycles. The molecule has 4 heteroatoms. The third kappa shape index (κ3) is 3.56. The van der Waals surface area contributed by atoms with Crippen LogP contribution in [0, 0.1) is 0 Å². The van der Waals surface area contributed by atoms with Crippen LogP contribution in [-0.4, -0.2) is 22.8 Å². The number of aliphatic hydroxyl groups excluding tert-OH is 1. The first kappa shape index (κ1) is 13.1. The van der Waals surface area contributed by atoms with Gasteiger partial charge in [0.1, 0.15) is 18.5 Å². The van der Waals surface area contributed by atoms with Crippen LogP contribution in [0.1, 0.15) is 22.0 Å². The maximum atomic E-state index is 10.8. The van der Waals surface area contributed by atoms with E-state index in [2.05, 4.69) is 0 Å². The number of aromatic carboxylic acids is 1. The number of aliphatic hydroxyl groups is 1. The summed E-state index contributed by atoms with van der Waals surface area (Å²) in [5.41, 5.74) is 0.920. The Hall–Kier alpha value is -2.33. The minimum atomic E-state index is -1.01. The average Bonchev–Trinajstić information content (AvgIpc) is 2.46. The van der Waals surface area contributed by atoms with Crippen molar-refractivity contribution in [3.63, 3.8) is 0 Å². The molecule has 2 rings (SSSR count). The smallest absolute Gasteiger partial charge is 0.335 e. The Labute approximate surface area is 110 Å². The van der Waals surface area contributed by atoms with Crippen LogP contribution in [-0.2, 0) is 0 Å². The Morgan fingerprint density at radius 2 is 1.84 bits per heavy atom. The van der Waals surface area contributed by atoms with E-state index < -0.39 is 12.1 Å². The molecule has 0 aliphatic rings. The van der Waals surface area contributed by atoms with Crippen molar-refractivity contribution in [2.24, 2.45) is 0 Å². The lowest BCUT2D eigenvalue weighted by atomic mass is 10.1. The summed E-state index contributed by atoms with van der Waals surface area (Å²) < 4.78 is 5.40. The van der Waals surface area contributed by atoms with Crippen LogP contribution >= 0.6 is 0 Å². The Balaban J connectivity index is 1.99. The maximum Gasteiger partial charge on any atom is 0.335 e. The highest BCUT2D eigenvalue weighted by Crippen LogP contribution is 2.17. The van der Waals surface area contributed by atoms with E-state index in [9.17, 15) is 9.90 Å². The number of hydrogen-bond acceptors (Lipinski definition) is 3. The standard InChI is InChI=1S/C15H14O4/c16-14(11-5-2-1-3-6-11)10-19-13-8-4-7-12(9-13)15(17)18/h1-9,14,16H,10H2,(H,17,18). The third-order valence-corrected chi connectivity index (χ3v) is 2.67. The van der Waals surface area contributed by atoms with Gasteiger partial charge in [0.25, 0.3) is 0 Å². The van der Waals surface area contributed by atoms with Gasteiger partial charge >= 0.3 is 5.97 Å². The molecule has 0 bridgehead atoms. The van der Waals surface area contributed by atoms with E-state index >= 15 is 0 Å². The topological polar surface area (TPSA) is 66.8 Å². The second-order valence-corrected chi connectivity index (χ2v) is 4.07. The van der Waals surface area contributed by atoms with Crippen LogP contribution < -0.4 is 4.74 Å². The van der Waals surface area contributed by atoms with Crippen molar-refractivity contribution in [2.75, 3.05) is 6.61 Å². The fourth-order valence-corrected chi connectivity index (χ4v) is 1.67. The molecule has 0 fully saturated rings. The summed E-state index contributed by atoms with van der Waals surface area (Å²) in [6, 6.07) is 15.3. The summed E-state index contributed by atoms with van der Waals surface area (Å²) in [6.07, 6.45) is -0.741. The molecule has 4 nitrogen and oxygen atoms in total. The van der Waals surface area contributed by atoms with E-state index in [1.54, 1.807) is 12.1 Å². The van der Waals surface area contributed by atoms with Crippen LogP contribution in [0.3, 0.4) is 0 Å². The largest absolute Gasteiger partial charge is 0.491 e. The van der Waals surface area contributed by atoms with Gasteiger partial charge in [0.2, 0.25) is 0 Å². The highest BCUT2D eigenvalue weighted by atomic mass is 16.5. The van der Waals surface area contributed by atoms with Crippen LogP contribution in [0.2, 0.25) is 0 Å². The Kier molecular flexibility index (Phi) is 4.15. The van der Waals surface area contributed by atoms with Gasteiger partial charge in [0, 0.05) is 0 Å². The molecule has 0 aromatic heterocycles. The van der Waals surface area contributed by atoms with Crippen molar-refractivity contribution >= 4 is 5.97 Å². The quantitative estimate of drug-likeness (QED) is 0.864. The molecule has 1 unspecified atom stereocenters. The van der Waals surface area contributed by atoms with Crippen molar-refractivity contribution < 1.29 is 19.7 Å². The van der Waals surface area contributed by atoms with Crippen molar-refractivity contribution in [3.8, 4) is 5.75 Å². The zero-order chi connectivity index (χ0) is 13.7. The van der Waals surface area contributed by atoms with E-state index in [0.717, 1.165) is 5.56 Å². The SMILES string of the molecule is O=C(O)c1cccc(OCC(O)c2ccccc2)c1. The Morgan fingerprint density at radius 3 is 2.53 bits per heavy atom.